The van der Waals surface area contributed by atoms with Crippen LogP contribution in [-0.4, -0.2) is 37.7 Å². The summed E-state index contributed by atoms with van der Waals surface area (Å²) >= 11 is 0. The van der Waals surface area contributed by atoms with Crippen molar-refractivity contribution in [3.05, 3.63) is 47.4 Å². The summed E-state index contributed by atoms with van der Waals surface area (Å²) in [4.78, 5) is 26.4. The van der Waals surface area contributed by atoms with E-state index in [2.05, 4.69) is 15.3 Å². The Balaban J connectivity index is 1.39. The molecule has 3 aromatic heterocycles. The van der Waals surface area contributed by atoms with Crippen molar-refractivity contribution in [2.24, 2.45) is 5.92 Å². The molecule has 1 aliphatic heterocycles. The van der Waals surface area contributed by atoms with Gasteiger partial charge in [-0.05, 0) is 76.0 Å². The number of pyridine rings is 3. The van der Waals surface area contributed by atoms with E-state index >= 15 is 0 Å². The van der Waals surface area contributed by atoms with Gasteiger partial charge in [0.1, 0.15) is 23.3 Å². The van der Waals surface area contributed by atoms with Gasteiger partial charge in [0.2, 0.25) is 5.88 Å². The highest BCUT2D eigenvalue weighted by atomic mass is 16.6. The summed E-state index contributed by atoms with van der Waals surface area (Å²) in [6, 6.07) is 5.44. The zero-order chi connectivity index (χ0) is 25.2. The average Bonchev–Trinajstić information content (AvgIpc) is 3.60. The van der Waals surface area contributed by atoms with Gasteiger partial charge in [-0.3, -0.25) is 0 Å². The van der Waals surface area contributed by atoms with Crippen LogP contribution < -0.4 is 10.1 Å². The number of aliphatic hydroxyl groups is 1. The van der Waals surface area contributed by atoms with Gasteiger partial charge in [0.05, 0.1) is 22.2 Å². The van der Waals surface area contributed by atoms with Gasteiger partial charge in [0, 0.05) is 23.9 Å². The third-order valence-corrected chi connectivity index (χ3v) is 8.19. The van der Waals surface area contributed by atoms with Crippen LogP contribution in [0.25, 0.3) is 10.8 Å². The van der Waals surface area contributed by atoms with Crippen LogP contribution in [0.2, 0.25) is 0 Å². The van der Waals surface area contributed by atoms with Gasteiger partial charge in [0.25, 0.3) is 0 Å². The molecule has 1 unspecified atom stereocenters. The molecule has 0 saturated heterocycles. The van der Waals surface area contributed by atoms with Gasteiger partial charge in [-0.1, -0.05) is 13.3 Å². The van der Waals surface area contributed by atoms with Crippen molar-refractivity contribution in [3.8, 4) is 5.88 Å². The number of esters is 1. The molecule has 0 radical (unpaired) electrons. The lowest BCUT2D eigenvalue weighted by Crippen LogP contribution is -2.39. The van der Waals surface area contributed by atoms with E-state index < -0.39 is 11.2 Å². The maximum absolute atomic E-state index is 12.5. The van der Waals surface area contributed by atoms with Gasteiger partial charge < -0.3 is 19.9 Å². The summed E-state index contributed by atoms with van der Waals surface area (Å²) in [5.74, 6) is 1.53. The number of cyclic esters (lactones) is 1. The smallest absolute Gasteiger partial charge is 0.340 e. The van der Waals surface area contributed by atoms with Crippen molar-refractivity contribution in [3.63, 3.8) is 0 Å². The van der Waals surface area contributed by atoms with E-state index in [1.807, 2.05) is 33.8 Å². The lowest BCUT2D eigenvalue weighted by Gasteiger charge is -2.39. The molecule has 2 atom stereocenters. The second-order valence-corrected chi connectivity index (χ2v) is 11.2. The first-order chi connectivity index (χ1) is 17.1. The van der Waals surface area contributed by atoms with Crippen LogP contribution in [0.4, 0.5) is 11.6 Å². The molecular formula is C28H32N4O4. The van der Waals surface area contributed by atoms with Crippen molar-refractivity contribution in [1.82, 2.24) is 15.0 Å². The number of carbonyl (C=O) groups is 1. The molecule has 0 aromatic carbocycles. The molecular weight excluding hydrogens is 456 g/mol. The van der Waals surface area contributed by atoms with Crippen LogP contribution in [0, 0.1) is 5.92 Å². The number of ether oxygens (including phenoxy) is 2. The summed E-state index contributed by atoms with van der Waals surface area (Å²) in [6.07, 6.45) is 8.92. The lowest BCUT2D eigenvalue weighted by molar-refractivity contribution is -0.0389. The lowest BCUT2D eigenvalue weighted by atomic mass is 9.70. The third-order valence-electron chi connectivity index (χ3n) is 8.19. The highest BCUT2D eigenvalue weighted by Crippen LogP contribution is 2.45. The predicted molar refractivity (Wildman–Crippen MR) is 136 cm³/mol. The summed E-state index contributed by atoms with van der Waals surface area (Å²) in [5.41, 5.74) is 0.355. The van der Waals surface area contributed by atoms with Crippen LogP contribution in [0.3, 0.4) is 0 Å². The molecule has 2 aliphatic carbocycles. The Labute approximate surface area is 210 Å². The molecule has 36 heavy (non-hydrogen) atoms. The first-order valence-corrected chi connectivity index (χ1v) is 12.8. The van der Waals surface area contributed by atoms with Crippen LogP contribution in [0.5, 0.6) is 5.88 Å². The first-order valence-electron chi connectivity index (χ1n) is 12.8. The molecule has 2 N–H and O–H groups in total. The Morgan fingerprint density at radius 2 is 1.89 bits per heavy atom. The summed E-state index contributed by atoms with van der Waals surface area (Å²) in [7, 11) is 0. The number of rotatable bonds is 6. The molecule has 8 nitrogen and oxygen atoms in total. The van der Waals surface area contributed by atoms with Crippen molar-refractivity contribution in [1.29, 1.82) is 0 Å². The summed E-state index contributed by atoms with van der Waals surface area (Å²) in [6.45, 7) is 7.70. The fourth-order valence-corrected chi connectivity index (χ4v) is 5.10. The van der Waals surface area contributed by atoms with Gasteiger partial charge in [0.15, 0.2) is 0 Å². The van der Waals surface area contributed by atoms with Crippen molar-refractivity contribution in [2.75, 3.05) is 5.32 Å². The van der Waals surface area contributed by atoms with Crippen LogP contribution in [0.1, 0.15) is 87.3 Å². The molecule has 2 saturated carbocycles. The Bertz CT molecular complexity index is 1360. The van der Waals surface area contributed by atoms with Gasteiger partial charge in [-0.25, -0.2) is 19.7 Å². The molecule has 3 aliphatic rings. The zero-order valence-electron chi connectivity index (χ0n) is 21.2. The molecule has 0 amide bonds. The maximum atomic E-state index is 12.5. The number of nitrogens with zero attached hydrogens (tertiary/aromatic N) is 3. The van der Waals surface area contributed by atoms with Crippen molar-refractivity contribution >= 4 is 28.4 Å². The van der Waals surface area contributed by atoms with Crippen LogP contribution in [0.15, 0.2) is 30.6 Å². The maximum Gasteiger partial charge on any atom is 0.340 e. The minimum Gasteiger partial charge on any atom is -0.474 e. The summed E-state index contributed by atoms with van der Waals surface area (Å²) < 4.78 is 11.6. The molecule has 3 aromatic rings. The van der Waals surface area contributed by atoms with Gasteiger partial charge >= 0.3 is 5.97 Å². The number of hydrogen-bond donors (Lipinski definition) is 2. The second kappa shape index (κ2) is 8.13. The Kier molecular flexibility index (Phi) is 5.23. The van der Waals surface area contributed by atoms with Crippen LogP contribution >= 0.6 is 0 Å². The van der Waals surface area contributed by atoms with E-state index in [1.165, 1.54) is 0 Å². The number of fused-ring (bicyclic) bond motifs is 2. The van der Waals surface area contributed by atoms with E-state index in [9.17, 15) is 9.90 Å². The highest BCUT2D eigenvalue weighted by Gasteiger charge is 2.41. The SMILES string of the molecule is C[C@@H]1c2nc(Nc3cc4c(C(C)(O)C5CCC5)cnc(OC5CC5)c4cn3)ccc2C(=O)OC1(C)C. The highest BCUT2D eigenvalue weighted by molar-refractivity contribution is 5.93. The Morgan fingerprint density at radius 1 is 1.11 bits per heavy atom. The van der Waals surface area contributed by atoms with E-state index in [4.69, 9.17) is 14.5 Å². The van der Waals surface area contributed by atoms with E-state index in [-0.39, 0.29) is 23.9 Å². The number of nitrogens with one attached hydrogen (secondary N) is 1. The fraction of sp³-hybridized carbons (Fsp3) is 0.500. The predicted octanol–water partition coefficient (Wildman–Crippen LogP) is 5.37. The normalized spacial score (nSPS) is 22.8. The number of hydrogen-bond acceptors (Lipinski definition) is 8. The van der Waals surface area contributed by atoms with E-state index in [1.54, 1.807) is 24.5 Å². The minimum atomic E-state index is -0.994. The standard InChI is InChI=1S/C28H32N4O4/c1-15-24-18(26(33)36-27(15,2)3)10-11-22(32-24)31-23-12-19-20(13-29-23)25(35-17-8-9-17)30-14-21(19)28(4,34)16-6-5-7-16/h10-17,34H,5-9H2,1-4H3,(H,29,31,32)/t15-,28?/m1/s1. The monoisotopic (exact) mass is 488 g/mol. The molecule has 0 bridgehead atoms. The van der Waals surface area contributed by atoms with Crippen molar-refractivity contribution < 1.29 is 19.4 Å². The molecule has 2 fully saturated rings. The largest absolute Gasteiger partial charge is 0.474 e. The Morgan fingerprint density at radius 3 is 2.58 bits per heavy atom. The number of anilines is 2. The van der Waals surface area contributed by atoms with Crippen LogP contribution in [-0.2, 0) is 10.3 Å². The second-order valence-electron chi connectivity index (χ2n) is 11.2. The number of carbonyl (C=O) groups excluding carboxylic acids is 1. The van der Waals surface area contributed by atoms with Crippen molar-refractivity contribution in [2.45, 2.75) is 83.0 Å². The molecule has 4 heterocycles. The first kappa shape index (κ1) is 23.2. The molecule has 6 rings (SSSR count). The Hall–Kier alpha value is -3.26. The fourth-order valence-electron chi connectivity index (χ4n) is 5.10. The molecule has 0 spiro atoms. The van der Waals surface area contributed by atoms with Gasteiger partial charge in [-0.15, -0.1) is 0 Å². The third kappa shape index (κ3) is 3.88. The quantitative estimate of drug-likeness (QED) is 0.446. The van der Waals surface area contributed by atoms with E-state index in [0.717, 1.165) is 48.4 Å². The minimum absolute atomic E-state index is 0.0612. The zero-order valence-corrected chi connectivity index (χ0v) is 21.2. The number of aromatic nitrogens is 3. The summed E-state index contributed by atoms with van der Waals surface area (Å²) in [5, 5.41) is 16.5. The van der Waals surface area contributed by atoms with Gasteiger partial charge in [-0.2, -0.15) is 0 Å². The average molecular weight is 489 g/mol. The van der Waals surface area contributed by atoms with E-state index in [0.29, 0.717) is 28.8 Å². The topological polar surface area (TPSA) is 106 Å². The molecule has 188 valence electrons. The molecule has 8 heteroatoms.